The summed E-state index contributed by atoms with van der Waals surface area (Å²) in [7, 11) is 1.58. The number of unbranched alkanes of at least 4 members (excludes halogenated alkanes) is 2. The van der Waals surface area contributed by atoms with Gasteiger partial charge in [0, 0.05) is 20.0 Å². The Morgan fingerprint density at radius 1 is 1.21 bits per heavy atom. The van der Waals surface area contributed by atoms with Crippen LogP contribution in [-0.4, -0.2) is 52.7 Å². The maximum atomic E-state index is 11.7. The van der Waals surface area contributed by atoms with Crippen molar-refractivity contribution in [3.05, 3.63) is 0 Å². The maximum Gasteiger partial charge on any atom is 0.326 e. The van der Waals surface area contributed by atoms with Gasteiger partial charge >= 0.3 is 18.0 Å². The molecule has 0 rings (SSSR count). The molecule has 0 fully saturated rings. The van der Waals surface area contributed by atoms with Crippen LogP contribution in [0.4, 0.5) is 4.79 Å². The summed E-state index contributed by atoms with van der Waals surface area (Å²) in [5.41, 5.74) is 0. The summed E-state index contributed by atoms with van der Waals surface area (Å²) in [5.74, 6) is -2.31. The Kier molecular flexibility index (Phi) is 8.32. The van der Waals surface area contributed by atoms with E-state index in [0.29, 0.717) is 6.54 Å². The van der Waals surface area contributed by atoms with Crippen LogP contribution in [0.15, 0.2) is 0 Å². The molecule has 0 bridgehead atoms. The lowest BCUT2D eigenvalue weighted by Crippen LogP contribution is -2.47. The van der Waals surface area contributed by atoms with Gasteiger partial charge in [-0.05, 0) is 12.8 Å². The molecule has 0 saturated carbocycles. The summed E-state index contributed by atoms with van der Waals surface area (Å²) in [6, 6.07) is -1.66. The van der Waals surface area contributed by atoms with Crippen LogP contribution < -0.4 is 5.32 Å². The Bertz CT molecular complexity index is 319. The Morgan fingerprint density at radius 3 is 2.32 bits per heavy atom. The van der Waals surface area contributed by atoms with Gasteiger partial charge in [0.05, 0.1) is 0 Å². The van der Waals surface area contributed by atoms with Crippen molar-refractivity contribution in [2.24, 2.45) is 0 Å². The topological polar surface area (TPSA) is 107 Å². The number of aliphatic carboxylic acids is 2. The monoisotopic (exact) mass is 274 g/mol. The third-order valence-electron chi connectivity index (χ3n) is 2.69. The highest BCUT2D eigenvalue weighted by Crippen LogP contribution is 2.01. The molecule has 1 atom stereocenters. The normalized spacial score (nSPS) is 11.7. The number of carboxylic acids is 2. The smallest absolute Gasteiger partial charge is 0.326 e. The van der Waals surface area contributed by atoms with Crippen molar-refractivity contribution in [3.63, 3.8) is 0 Å². The van der Waals surface area contributed by atoms with Crippen LogP contribution in [0.2, 0.25) is 0 Å². The lowest BCUT2D eigenvalue weighted by atomic mass is 10.1. The summed E-state index contributed by atoms with van der Waals surface area (Å²) in [6.07, 6.45) is 2.47. The molecule has 0 aromatic heterocycles. The molecular formula is C12H22N2O5. The first-order chi connectivity index (χ1) is 8.88. The van der Waals surface area contributed by atoms with Gasteiger partial charge in [-0.2, -0.15) is 0 Å². The number of urea groups is 1. The van der Waals surface area contributed by atoms with Gasteiger partial charge in [-0.25, -0.2) is 9.59 Å². The average molecular weight is 274 g/mol. The molecular weight excluding hydrogens is 252 g/mol. The lowest BCUT2D eigenvalue weighted by Gasteiger charge is -2.21. The van der Waals surface area contributed by atoms with Crippen molar-refractivity contribution in [1.82, 2.24) is 10.2 Å². The van der Waals surface area contributed by atoms with Crippen molar-refractivity contribution in [3.8, 4) is 0 Å². The van der Waals surface area contributed by atoms with E-state index in [0.717, 1.165) is 19.3 Å². The molecule has 19 heavy (non-hydrogen) atoms. The van der Waals surface area contributed by atoms with Gasteiger partial charge in [0.25, 0.3) is 0 Å². The number of hydrogen-bond donors (Lipinski definition) is 3. The summed E-state index contributed by atoms with van der Waals surface area (Å²) in [6.45, 7) is 2.59. The van der Waals surface area contributed by atoms with Gasteiger partial charge in [-0.3, -0.25) is 4.79 Å². The van der Waals surface area contributed by atoms with Crippen LogP contribution in [0, 0.1) is 0 Å². The number of carbonyl (C=O) groups is 3. The molecule has 0 spiro atoms. The molecule has 0 unspecified atom stereocenters. The van der Waals surface area contributed by atoms with Crippen LogP contribution in [0.1, 0.15) is 39.0 Å². The molecule has 0 aliphatic carbocycles. The lowest BCUT2D eigenvalue weighted by molar-refractivity contribution is -0.140. The summed E-state index contributed by atoms with van der Waals surface area (Å²) in [4.78, 5) is 34.4. The molecule has 2 amide bonds. The number of rotatable bonds is 9. The summed E-state index contributed by atoms with van der Waals surface area (Å²) >= 11 is 0. The fourth-order valence-corrected chi connectivity index (χ4v) is 1.48. The third kappa shape index (κ3) is 8.01. The number of carboxylic acid groups (broad SMARTS) is 2. The SMILES string of the molecule is CCCCCN(C)C(=O)N[C@@H](CCC(=O)O)C(=O)O. The van der Waals surface area contributed by atoms with Crippen LogP contribution in [-0.2, 0) is 9.59 Å². The molecule has 0 heterocycles. The predicted octanol–water partition coefficient (Wildman–Crippen LogP) is 1.14. The van der Waals surface area contributed by atoms with Crippen molar-refractivity contribution >= 4 is 18.0 Å². The molecule has 110 valence electrons. The van der Waals surface area contributed by atoms with Gasteiger partial charge < -0.3 is 20.4 Å². The quantitative estimate of drug-likeness (QED) is 0.546. The molecule has 7 nitrogen and oxygen atoms in total. The minimum absolute atomic E-state index is 0.126. The maximum absolute atomic E-state index is 11.7. The van der Waals surface area contributed by atoms with Crippen molar-refractivity contribution < 1.29 is 24.6 Å². The summed E-state index contributed by atoms with van der Waals surface area (Å²) < 4.78 is 0. The average Bonchev–Trinajstić information content (AvgIpc) is 2.33. The van der Waals surface area contributed by atoms with Crippen molar-refractivity contribution in [1.29, 1.82) is 0 Å². The van der Waals surface area contributed by atoms with E-state index in [9.17, 15) is 14.4 Å². The first-order valence-electron chi connectivity index (χ1n) is 6.34. The van der Waals surface area contributed by atoms with Crippen LogP contribution in [0.5, 0.6) is 0 Å². The van der Waals surface area contributed by atoms with E-state index in [4.69, 9.17) is 10.2 Å². The van der Waals surface area contributed by atoms with Gasteiger partial charge in [-0.15, -0.1) is 0 Å². The van der Waals surface area contributed by atoms with Crippen molar-refractivity contribution in [2.45, 2.75) is 45.1 Å². The molecule has 0 radical (unpaired) electrons. The minimum Gasteiger partial charge on any atom is -0.481 e. The van der Waals surface area contributed by atoms with E-state index < -0.39 is 24.0 Å². The van der Waals surface area contributed by atoms with Gasteiger partial charge in [-0.1, -0.05) is 19.8 Å². The van der Waals surface area contributed by atoms with Gasteiger partial charge in [0.2, 0.25) is 0 Å². The molecule has 0 aliphatic rings. The standard InChI is InChI=1S/C12H22N2O5/c1-3-4-5-8-14(2)12(19)13-9(11(17)18)6-7-10(15)16/h9H,3-8H2,1-2H3,(H,13,19)(H,15,16)(H,17,18)/t9-/m0/s1. The Labute approximate surface area is 112 Å². The summed E-state index contributed by atoms with van der Waals surface area (Å²) in [5, 5.41) is 19.7. The number of nitrogens with zero attached hydrogens (tertiary/aromatic N) is 1. The first kappa shape index (κ1) is 17.2. The first-order valence-corrected chi connectivity index (χ1v) is 6.34. The number of nitrogens with one attached hydrogen (secondary N) is 1. The molecule has 7 heteroatoms. The number of carbonyl (C=O) groups excluding carboxylic acids is 1. The van der Waals surface area contributed by atoms with E-state index in [2.05, 4.69) is 5.32 Å². The van der Waals surface area contributed by atoms with E-state index in [1.54, 1.807) is 7.05 Å². The van der Waals surface area contributed by atoms with E-state index in [-0.39, 0.29) is 12.8 Å². The molecule has 3 N–H and O–H groups in total. The largest absolute Gasteiger partial charge is 0.481 e. The number of amides is 2. The minimum atomic E-state index is -1.23. The van der Waals surface area contributed by atoms with Gasteiger partial charge in [0.15, 0.2) is 0 Å². The van der Waals surface area contributed by atoms with Crippen LogP contribution in [0.25, 0.3) is 0 Å². The third-order valence-corrected chi connectivity index (χ3v) is 2.69. The van der Waals surface area contributed by atoms with Crippen LogP contribution in [0.3, 0.4) is 0 Å². The highest BCUT2D eigenvalue weighted by atomic mass is 16.4. The highest BCUT2D eigenvalue weighted by Gasteiger charge is 2.22. The second kappa shape index (κ2) is 9.18. The zero-order valence-electron chi connectivity index (χ0n) is 11.4. The van der Waals surface area contributed by atoms with E-state index >= 15 is 0 Å². The van der Waals surface area contributed by atoms with E-state index in [1.165, 1.54) is 4.90 Å². The molecule has 0 aromatic carbocycles. The Morgan fingerprint density at radius 2 is 1.84 bits per heavy atom. The fraction of sp³-hybridized carbons (Fsp3) is 0.750. The Hall–Kier alpha value is -1.79. The van der Waals surface area contributed by atoms with Crippen LogP contribution >= 0.6 is 0 Å². The second-order valence-corrected chi connectivity index (χ2v) is 4.40. The van der Waals surface area contributed by atoms with Gasteiger partial charge in [0.1, 0.15) is 6.04 Å². The fourth-order valence-electron chi connectivity index (χ4n) is 1.48. The Balaban J connectivity index is 4.22. The second-order valence-electron chi connectivity index (χ2n) is 4.40. The van der Waals surface area contributed by atoms with E-state index in [1.807, 2.05) is 6.92 Å². The van der Waals surface area contributed by atoms with Crippen molar-refractivity contribution in [2.75, 3.05) is 13.6 Å². The molecule has 0 saturated heterocycles. The highest BCUT2D eigenvalue weighted by molar-refractivity contribution is 5.82. The molecule has 0 aromatic rings. The predicted molar refractivity (Wildman–Crippen MR) is 69.0 cm³/mol. The number of hydrogen-bond acceptors (Lipinski definition) is 3. The molecule has 0 aliphatic heterocycles. The zero-order chi connectivity index (χ0) is 14.8. The zero-order valence-corrected chi connectivity index (χ0v) is 11.4.